The Labute approximate surface area is 107 Å². The van der Waals surface area contributed by atoms with Crippen molar-refractivity contribution in [2.24, 2.45) is 5.41 Å². The van der Waals surface area contributed by atoms with Gasteiger partial charge in [0.25, 0.3) is 5.91 Å². The summed E-state index contributed by atoms with van der Waals surface area (Å²) in [7, 11) is 0. The highest BCUT2D eigenvalue weighted by Gasteiger charge is 2.19. The summed E-state index contributed by atoms with van der Waals surface area (Å²) in [6.45, 7) is 9.13. The van der Waals surface area contributed by atoms with Gasteiger partial charge in [-0.15, -0.1) is 11.6 Å². The molecule has 0 bridgehead atoms. The van der Waals surface area contributed by atoms with Gasteiger partial charge in [-0.25, -0.2) is 0 Å². The molecule has 1 aromatic rings. The van der Waals surface area contributed by atoms with Crippen LogP contribution in [0.15, 0.2) is 6.07 Å². The molecule has 0 atom stereocenters. The molecule has 0 fully saturated rings. The molecule has 0 aromatic carbocycles. The van der Waals surface area contributed by atoms with E-state index in [4.69, 9.17) is 11.6 Å². The number of rotatable bonds is 5. The van der Waals surface area contributed by atoms with Crippen LogP contribution in [-0.4, -0.2) is 28.1 Å². The fourth-order valence-corrected chi connectivity index (χ4v) is 1.52. The van der Waals surface area contributed by atoms with E-state index in [1.54, 1.807) is 10.7 Å². The molecule has 0 aliphatic carbocycles. The first-order valence-electron chi connectivity index (χ1n) is 5.78. The number of aryl methyl sites for hydroxylation is 2. The molecule has 17 heavy (non-hydrogen) atoms. The molecule has 1 rings (SSSR count). The number of hydrogen-bond acceptors (Lipinski definition) is 2. The zero-order chi connectivity index (χ0) is 13.1. The van der Waals surface area contributed by atoms with Gasteiger partial charge >= 0.3 is 0 Å². The molecule has 1 heterocycles. The lowest BCUT2D eigenvalue weighted by Gasteiger charge is -2.21. The number of alkyl halides is 1. The van der Waals surface area contributed by atoms with Crippen molar-refractivity contribution in [1.82, 2.24) is 15.1 Å². The molecule has 0 aliphatic heterocycles. The molecule has 0 radical (unpaired) electrons. The van der Waals surface area contributed by atoms with Gasteiger partial charge in [0.05, 0.1) is 5.69 Å². The fourth-order valence-electron chi connectivity index (χ4n) is 1.43. The topological polar surface area (TPSA) is 46.9 Å². The molecule has 0 aliphatic rings. The van der Waals surface area contributed by atoms with Crippen molar-refractivity contribution < 1.29 is 4.79 Å². The van der Waals surface area contributed by atoms with E-state index in [-0.39, 0.29) is 11.3 Å². The fraction of sp³-hybridized carbons (Fsp3) is 0.667. The summed E-state index contributed by atoms with van der Waals surface area (Å²) in [6, 6.07) is 1.80. The lowest BCUT2D eigenvalue weighted by atomic mass is 9.96. The molecule has 0 saturated carbocycles. The third-order valence-corrected chi connectivity index (χ3v) is 3.25. The van der Waals surface area contributed by atoms with Crippen LogP contribution < -0.4 is 5.32 Å². The van der Waals surface area contributed by atoms with Crippen LogP contribution in [0.2, 0.25) is 0 Å². The van der Waals surface area contributed by atoms with E-state index in [0.29, 0.717) is 24.7 Å². The highest BCUT2D eigenvalue weighted by Crippen LogP contribution is 2.15. The predicted octanol–water partition coefficient (Wildman–Crippen LogP) is 2.21. The third kappa shape index (κ3) is 3.73. The summed E-state index contributed by atoms with van der Waals surface area (Å²) in [6.07, 6.45) is 0. The van der Waals surface area contributed by atoms with Crippen LogP contribution in [0.5, 0.6) is 0 Å². The number of carbonyl (C=O) groups excluding carboxylic acids is 1. The van der Waals surface area contributed by atoms with Crippen molar-refractivity contribution >= 4 is 17.5 Å². The van der Waals surface area contributed by atoms with Crippen molar-refractivity contribution in [3.05, 3.63) is 17.5 Å². The molecule has 1 N–H and O–H groups in total. The number of carbonyl (C=O) groups is 1. The average Bonchev–Trinajstić information content (AvgIpc) is 2.67. The first kappa shape index (κ1) is 14.0. The lowest BCUT2D eigenvalue weighted by molar-refractivity contribution is 0.0929. The number of halogens is 1. The molecular weight excluding hydrogens is 238 g/mol. The van der Waals surface area contributed by atoms with E-state index in [1.165, 1.54) is 0 Å². The molecule has 1 amide bonds. The summed E-state index contributed by atoms with van der Waals surface area (Å²) in [5.41, 5.74) is 1.37. The molecule has 5 heteroatoms. The van der Waals surface area contributed by atoms with Gasteiger partial charge in [-0.3, -0.25) is 9.48 Å². The maximum Gasteiger partial charge on any atom is 0.269 e. The summed E-state index contributed by atoms with van der Waals surface area (Å²) in [4.78, 5) is 12.0. The Balaban J connectivity index is 2.70. The zero-order valence-electron chi connectivity index (χ0n) is 10.9. The SMILES string of the molecule is CCn1nc(C)cc1C(=O)NCC(C)(C)CCl. The minimum absolute atomic E-state index is 0.0920. The highest BCUT2D eigenvalue weighted by atomic mass is 35.5. The highest BCUT2D eigenvalue weighted by molar-refractivity contribution is 6.18. The van der Waals surface area contributed by atoms with Crippen LogP contribution in [0.1, 0.15) is 37.0 Å². The van der Waals surface area contributed by atoms with E-state index in [9.17, 15) is 4.79 Å². The molecular formula is C12H20ClN3O. The Morgan fingerprint density at radius 2 is 2.24 bits per heavy atom. The second kappa shape index (κ2) is 5.54. The van der Waals surface area contributed by atoms with Gasteiger partial charge in [-0.1, -0.05) is 13.8 Å². The normalized spacial score (nSPS) is 11.6. The van der Waals surface area contributed by atoms with E-state index < -0.39 is 0 Å². The van der Waals surface area contributed by atoms with Gasteiger partial charge < -0.3 is 5.32 Å². The van der Waals surface area contributed by atoms with Crippen molar-refractivity contribution in [1.29, 1.82) is 0 Å². The number of nitrogens with one attached hydrogen (secondary N) is 1. The van der Waals surface area contributed by atoms with Crippen LogP contribution in [0.4, 0.5) is 0 Å². The second-order valence-electron chi connectivity index (χ2n) is 4.97. The van der Waals surface area contributed by atoms with Gasteiger partial charge in [-0.2, -0.15) is 5.10 Å². The molecule has 4 nitrogen and oxygen atoms in total. The Morgan fingerprint density at radius 3 is 2.76 bits per heavy atom. The summed E-state index contributed by atoms with van der Waals surface area (Å²) in [5, 5.41) is 7.14. The quantitative estimate of drug-likeness (QED) is 0.822. The first-order valence-corrected chi connectivity index (χ1v) is 6.31. The van der Waals surface area contributed by atoms with E-state index >= 15 is 0 Å². The number of hydrogen-bond donors (Lipinski definition) is 1. The second-order valence-corrected chi connectivity index (χ2v) is 5.23. The molecule has 0 unspecified atom stereocenters. The van der Waals surface area contributed by atoms with Gasteiger partial charge in [0, 0.05) is 19.0 Å². The van der Waals surface area contributed by atoms with Crippen molar-refractivity contribution in [3.8, 4) is 0 Å². The van der Waals surface area contributed by atoms with E-state index in [2.05, 4.69) is 10.4 Å². The Kier molecular flexibility index (Phi) is 4.57. The van der Waals surface area contributed by atoms with Crippen molar-refractivity contribution in [3.63, 3.8) is 0 Å². The van der Waals surface area contributed by atoms with Crippen LogP contribution in [-0.2, 0) is 6.54 Å². The molecule has 1 aromatic heterocycles. The monoisotopic (exact) mass is 257 g/mol. The summed E-state index contributed by atoms with van der Waals surface area (Å²) < 4.78 is 1.71. The predicted molar refractivity (Wildman–Crippen MR) is 69.5 cm³/mol. The Hall–Kier alpha value is -1.03. The van der Waals surface area contributed by atoms with E-state index in [1.807, 2.05) is 27.7 Å². The smallest absolute Gasteiger partial charge is 0.269 e. The van der Waals surface area contributed by atoms with Gasteiger partial charge in [0.2, 0.25) is 0 Å². The summed E-state index contributed by atoms with van der Waals surface area (Å²) >= 11 is 5.82. The minimum Gasteiger partial charge on any atom is -0.350 e. The maximum absolute atomic E-state index is 12.0. The van der Waals surface area contributed by atoms with Crippen LogP contribution in [0.25, 0.3) is 0 Å². The minimum atomic E-state index is -0.0939. The number of amides is 1. The van der Waals surface area contributed by atoms with Gasteiger partial charge in [-0.05, 0) is 25.3 Å². The van der Waals surface area contributed by atoms with Gasteiger partial charge in [0.15, 0.2) is 0 Å². The zero-order valence-corrected chi connectivity index (χ0v) is 11.6. The Morgan fingerprint density at radius 1 is 1.59 bits per heavy atom. The van der Waals surface area contributed by atoms with Crippen molar-refractivity contribution in [2.75, 3.05) is 12.4 Å². The van der Waals surface area contributed by atoms with Crippen LogP contribution in [0.3, 0.4) is 0 Å². The molecule has 0 saturated heterocycles. The summed E-state index contributed by atoms with van der Waals surface area (Å²) in [5.74, 6) is 0.421. The third-order valence-electron chi connectivity index (χ3n) is 2.52. The Bertz CT molecular complexity index is 398. The number of nitrogens with zero attached hydrogens (tertiary/aromatic N) is 2. The average molecular weight is 258 g/mol. The lowest BCUT2D eigenvalue weighted by Crippen LogP contribution is -2.36. The van der Waals surface area contributed by atoms with Crippen molar-refractivity contribution in [2.45, 2.75) is 34.2 Å². The molecule has 0 spiro atoms. The van der Waals surface area contributed by atoms with Crippen LogP contribution in [0, 0.1) is 12.3 Å². The number of aromatic nitrogens is 2. The largest absolute Gasteiger partial charge is 0.350 e. The maximum atomic E-state index is 12.0. The standard InChI is InChI=1S/C12H20ClN3O/c1-5-16-10(6-9(2)15-16)11(17)14-8-12(3,4)7-13/h6H,5,7-8H2,1-4H3,(H,14,17). The molecule has 96 valence electrons. The van der Waals surface area contributed by atoms with Gasteiger partial charge in [0.1, 0.15) is 5.69 Å². The van der Waals surface area contributed by atoms with E-state index in [0.717, 1.165) is 5.69 Å². The van der Waals surface area contributed by atoms with Crippen LogP contribution >= 0.6 is 11.6 Å². The first-order chi connectivity index (χ1) is 7.89.